The summed E-state index contributed by atoms with van der Waals surface area (Å²) in [5.74, 6) is 5.63. The number of benzene rings is 1. The van der Waals surface area contributed by atoms with Crippen molar-refractivity contribution >= 4 is 11.8 Å². The van der Waals surface area contributed by atoms with Crippen LogP contribution in [0.3, 0.4) is 0 Å². The van der Waals surface area contributed by atoms with Crippen LogP contribution >= 0.6 is 0 Å². The first-order valence-corrected chi connectivity index (χ1v) is 12.5. The van der Waals surface area contributed by atoms with Crippen molar-refractivity contribution in [2.24, 2.45) is 0 Å². The number of hydrogen-bond acceptors (Lipinski definition) is 2. The Kier molecular flexibility index (Phi) is 17.4. The Balaban J connectivity index is 0. The van der Waals surface area contributed by atoms with E-state index in [1.165, 1.54) is 13.1 Å². The van der Waals surface area contributed by atoms with E-state index >= 15 is 0 Å². The summed E-state index contributed by atoms with van der Waals surface area (Å²) < 4.78 is 0. The largest absolute Gasteiger partial charge is 0.278 e. The van der Waals surface area contributed by atoms with Gasteiger partial charge < -0.3 is 0 Å². The lowest BCUT2D eigenvalue weighted by molar-refractivity contribution is -0.137. The summed E-state index contributed by atoms with van der Waals surface area (Å²) in [6, 6.07) is 8.01. The Labute approximate surface area is 215 Å². The van der Waals surface area contributed by atoms with Gasteiger partial charge in [0.1, 0.15) is 0 Å². The first kappa shape index (κ1) is 33.8. The van der Waals surface area contributed by atoms with Gasteiger partial charge in [0.25, 0.3) is 11.8 Å². The number of carbonyl (C=O) groups is 2. The van der Waals surface area contributed by atoms with E-state index < -0.39 is 11.3 Å². The summed E-state index contributed by atoms with van der Waals surface area (Å²) in [6.07, 6.45) is 10.9. The van der Waals surface area contributed by atoms with E-state index in [4.69, 9.17) is 0 Å². The van der Waals surface area contributed by atoms with Gasteiger partial charge in [-0.1, -0.05) is 110 Å². The topological polar surface area (TPSA) is 37.4 Å². The van der Waals surface area contributed by atoms with Gasteiger partial charge in [0.15, 0.2) is 0 Å². The highest BCUT2D eigenvalue weighted by molar-refractivity contribution is 6.09. The molecular weight excluding hydrogens is 430 g/mol. The molecule has 0 atom stereocenters. The molecule has 190 valence electrons. The highest BCUT2D eigenvalue weighted by Gasteiger charge is 2.28. The molecular formula is C32H45NO2. The van der Waals surface area contributed by atoms with Crippen molar-refractivity contribution < 1.29 is 9.59 Å². The number of allylic oxidation sites excluding steroid dienone is 6. The van der Waals surface area contributed by atoms with Gasteiger partial charge in [0.2, 0.25) is 0 Å². The molecule has 0 aliphatic carbocycles. The lowest BCUT2D eigenvalue weighted by Crippen LogP contribution is -2.34. The van der Waals surface area contributed by atoms with Crippen molar-refractivity contribution in [2.45, 2.75) is 74.7 Å². The van der Waals surface area contributed by atoms with Crippen LogP contribution in [0.2, 0.25) is 0 Å². The van der Waals surface area contributed by atoms with E-state index in [1.54, 1.807) is 12.2 Å². The van der Waals surface area contributed by atoms with Crippen molar-refractivity contribution in [3.8, 4) is 11.8 Å². The molecule has 2 amide bonds. The molecule has 0 aromatic heterocycles. The summed E-state index contributed by atoms with van der Waals surface area (Å²) >= 11 is 0. The van der Waals surface area contributed by atoms with Crippen LogP contribution in [0.1, 0.15) is 80.4 Å². The van der Waals surface area contributed by atoms with Crippen LogP contribution in [0.15, 0.2) is 84.0 Å². The number of likely N-dealkylation sites (N-methyl/N-ethyl adjacent to an activating group) is 1. The fourth-order valence-corrected chi connectivity index (χ4v) is 2.96. The number of carbonyl (C=O) groups excluding carboxylic acids is 2. The van der Waals surface area contributed by atoms with Crippen LogP contribution in [0.25, 0.3) is 0 Å². The molecule has 1 aliphatic rings. The summed E-state index contributed by atoms with van der Waals surface area (Å²) in [5.41, 5.74) is 3.58. The Morgan fingerprint density at radius 2 is 1.60 bits per heavy atom. The minimum Gasteiger partial charge on any atom is -0.278 e. The highest BCUT2D eigenvalue weighted by atomic mass is 16.2. The Bertz CT molecular complexity index is 1020. The second kappa shape index (κ2) is 18.0. The maximum atomic E-state index is 12.3. The maximum absolute atomic E-state index is 12.3. The van der Waals surface area contributed by atoms with Gasteiger partial charge in [-0.25, -0.2) is 0 Å². The van der Waals surface area contributed by atoms with Crippen LogP contribution in [0.4, 0.5) is 0 Å². The quantitative estimate of drug-likeness (QED) is 0.192. The Hall–Kier alpha value is -3.38. The van der Waals surface area contributed by atoms with E-state index in [-0.39, 0.29) is 11.5 Å². The molecule has 0 fully saturated rings. The monoisotopic (exact) mass is 475 g/mol. The third-order valence-corrected chi connectivity index (χ3v) is 4.96. The summed E-state index contributed by atoms with van der Waals surface area (Å²) in [4.78, 5) is 25.5. The van der Waals surface area contributed by atoms with E-state index in [1.807, 2.05) is 97.9 Å². The second-order valence-corrected chi connectivity index (χ2v) is 7.36. The first-order valence-electron chi connectivity index (χ1n) is 12.5. The fraction of sp³-hybridized carbons (Fsp3) is 0.375. The number of nitrogens with zero attached hydrogens (tertiary/aromatic N) is 1. The third kappa shape index (κ3) is 10.2. The van der Waals surface area contributed by atoms with E-state index in [0.717, 1.165) is 27.2 Å². The molecule has 0 saturated carbocycles. The minimum absolute atomic E-state index is 0.285. The minimum atomic E-state index is -0.444. The maximum Gasteiger partial charge on any atom is 0.259 e. The Morgan fingerprint density at radius 1 is 1.00 bits per heavy atom. The number of hydrogen-bond donors (Lipinski definition) is 0. The van der Waals surface area contributed by atoms with Crippen LogP contribution < -0.4 is 0 Å². The standard InChI is InChI=1S/C26H27NO2.3C2H6/c1-7-10-20(8-2)13-14-21-11-9-12-22(18-21)26(4,5)23-15-16-24(28)27(6)25(29)19(3)17-23;3*1-2/h7-12,15-18H,3H2,1-2,4-6H3;3*1-2H3/b10-7-,16-15-,20-8+,23-17+;;;. The van der Waals surface area contributed by atoms with Gasteiger partial charge in [-0.3, -0.25) is 14.5 Å². The molecule has 0 saturated heterocycles. The lowest BCUT2D eigenvalue weighted by atomic mass is 9.76. The van der Waals surface area contributed by atoms with E-state index in [9.17, 15) is 9.59 Å². The predicted octanol–water partition coefficient (Wildman–Crippen LogP) is 7.95. The summed E-state index contributed by atoms with van der Waals surface area (Å²) in [6.45, 7) is 23.9. The van der Waals surface area contributed by atoms with Crippen molar-refractivity contribution in [1.82, 2.24) is 4.90 Å². The van der Waals surface area contributed by atoms with Crippen molar-refractivity contribution in [3.63, 3.8) is 0 Å². The average molecular weight is 476 g/mol. The van der Waals surface area contributed by atoms with Crippen LogP contribution in [0.5, 0.6) is 0 Å². The summed E-state index contributed by atoms with van der Waals surface area (Å²) in [5, 5.41) is 0. The zero-order valence-corrected chi connectivity index (χ0v) is 23.7. The lowest BCUT2D eigenvalue weighted by Gasteiger charge is -2.29. The van der Waals surface area contributed by atoms with Crippen LogP contribution in [0, 0.1) is 11.8 Å². The van der Waals surface area contributed by atoms with Gasteiger partial charge in [-0.2, -0.15) is 0 Å². The number of amides is 2. The van der Waals surface area contributed by atoms with E-state index in [0.29, 0.717) is 0 Å². The van der Waals surface area contributed by atoms with Gasteiger partial charge in [0, 0.05) is 35.2 Å². The normalized spacial score (nSPS) is 16.0. The second-order valence-electron chi connectivity index (χ2n) is 7.36. The molecule has 0 bridgehead atoms. The molecule has 35 heavy (non-hydrogen) atoms. The molecule has 0 radical (unpaired) electrons. The molecule has 0 N–H and O–H groups in total. The van der Waals surface area contributed by atoms with Gasteiger partial charge in [-0.05, 0) is 43.2 Å². The molecule has 0 spiro atoms. The van der Waals surface area contributed by atoms with Crippen molar-refractivity contribution in [3.05, 3.63) is 95.1 Å². The zero-order valence-electron chi connectivity index (χ0n) is 23.7. The molecule has 0 unspecified atom stereocenters. The van der Waals surface area contributed by atoms with Crippen molar-refractivity contribution in [2.75, 3.05) is 7.05 Å². The van der Waals surface area contributed by atoms with Gasteiger partial charge in [0.05, 0.1) is 0 Å². The molecule has 1 aromatic carbocycles. The average Bonchev–Trinajstić information content (AvgIpc) is 2.90. The zero-order chi connectivity index (χ0) is 27.6. The fourth-order valence-electron chi connectivity index (χ4n) is 2.96. The number of imide groups is 1. The number of rotatable bonds is 3. The van der Waals surface area contributed by atoms with Crippen LogP contribution in [-0.2, 0) is 15.0 Å². The van der Waals surface area contributed by atoms with Gasteiger partial charge >= 0.3 is 0 Å². The SMILES string of the molecule is C=C1/C=C(C(C)(C)c2cccc(C#CC(/C=C\C)=C/C)c2)\C=C/C(=O)N(C)C1=O.CC.CC.CC. The third-order valence-electron chi connectivity index (χ3n) is 4.96. The highest BCUT2D eigenvalue weighted by Crippen LogP contribution is 2.34. The summed E-state index contributed by atoms with van der Waals surface area (Å²) in [7, 11) is 1.46. The predicted molar refractivity (Wildman–Crippen MR) is 153 cm³/mol. The van der Waals surface area contributed by atoms with E-state index in [2.05, 4.69) is 32.3 Å². The smallest absolute Gasteiger partial charge is 0.259 e. The Morgan fingerprint density at radius 3 is 2.14 bits per heavy atom. The van der Waals surface area contributed by atoms with Gasteiger partial charge in [-0.15, -0.1) is 0 Å². The molecule has 3 heteroatoms. The van der Waals surface area contributed by atoms with Crippen LogP contribution in [-0.4, -0.2) is 23.8 Å². The molecule has 1 heterocycles. The first-order chi connectivity index (χ1) is 16.7. The molecule has 1 aromatic rings. The molecule has 2 rings (SSSR count). The molecule has 1 aliphatic heterocycles. The molecule has 3 nitrogen and oxygen atoms in total. The van der Waals surface area contributed by atoms with Crippen molar-refractivity contribution in [1.29, 1.82) is 0 Å².